The Morgan fingerprint density at radius 1 is 1.09 bits per heavy atom. The predicted molar refractivity (Wildman–Crippen MR) is 205 cm³/mol. The molecule has 0 heterocycles. The van der Waals surface area contributed by atoms with Gasteiger partial charge in [-0.1, -0.05) is 84.0 Å². The number of hydrogen-bond donors (Lipinski definition) is 7. The summed E-state index contributed by atoms with van der Waals surface area (Å²) >= 11 is 0. The van der Waals surface area contributed by atoms with Gasteiger partial charge in [-0.15, -0.1) is 0 Å². The highest BCUT2D eigenvalue weighted by atomic mass is 16.4. The van der Waals surface area contributed by atoms with Crippen LogP contribution in [-0.2, 0) is 14.4 Å². The number of aliphatic imine (C=N–C) groups is 1. The van der Waals surface area contributed by atoms with E-state index in [4.69, 9.17) is 11.5 Å². The summed E-state index contributed by atoms with van der Waals surface area (Å²) in [5.41, 5.74) is 10.1. The lowest BCUT2D eigenvalue weighted by Crippen LogP contribution is -2.63. The van der Waals surface area contributed by atoms with Gasteiger partial charge < -0.3 is 37.2 Å². The Hall–Kier alpha value is -3.64. The van der Waals surface area contributed by atoms with Crippen LogP contribution in [0, 0.1) is 51.2 Å². The number of carboxylic acids is 1. The van der Waals surface area contributed by atoms with E-state index in [1.54, 1.807) is 7.05 Å². The standard InChI is InChI=1S/C42H60N4O7/c1-23(27(22-46-38(43)44)29(47)19-25(37(52)53)16-18-45-7)28-20-32(50)42(6)34-33(30(48)21-41(28,42)5)40(4)17-15-31(49)39(2,3)36(40)26(35(34)51)14-13-24-11-9-8-10-12-24/h8-14,19,23,26-29,32,35-36,45,47,50-51H,15-18,20-22H2,1-7H3,(H,52,53)(H4,43,44,46)/b14-13+,25-19+/t23-,26-,27-,28-,29-,32+,35-,36-,40-,41-,42+/m1/s1. The van der Waals surface area contributed by atoms with Crippen LogP contribution in [0.4, 0.5) is 0 Å². The first-order chi connectivity index (χ1) is 24.8. The van der Waals surface area contributed by atoms with Gasteiger partial charge >= 0.3 is 5.97 Å². The maximum Gasteiger partial charge on any atom is 0.331 e. The zero-order valence-corrected chi connectivity index (χ0v) is 32.3. The Kier molecular flexibility index (Phi) is 11.4. The predicted octanol–water partition coefficient (Wildman–Crippen LogP) is 3.87. The van der Waals surface area contributed by atoms with E-state index in [2.05, 4.69) is 17.2 Å². The number of guanidine groups is 1. The number of rotatable bonds is 12. The number of nitrogens with two attached hydrogens (primary N) is 2. The number of nitrogens with zero attached hydrogens (tertiary/aromatic N) is 1. The molecule has 5 rings (SSSR count). The van der Waals surface area contributed by atoms with E-state index in [-0.39, 0.29) is 60.7 Å². The van der Waals surface area contributed by atoms with Crippen molar-refractivity contribution in [1.82, 2.24) is 5.32 Å². The van der Waals surface area contributed by atoms with Gasteiger partial charge in [0.15, 0.2) is 11.7 Å². The van der Waals surface area contributed by atoms with Gasteiger partial charge in [0.25, 0.3) is 0 Å². The van der Waals surface area contributed by atoms with Crippen molar-refractivity contribution >= 4 is 29.6 Å². The minimum atomic E-state index is -1.24. The van der Waals surface area contributed by atoms with Crippen molar-refractivity contribution < 1.29 is 34.8 Å². The van der Waals surface area contributed by atoms with Crippen LogP contribution >= 0.6 is 0 Å². The lowest BCUT2D eigenvalue weighted by atomic mass is 9.40. The molecule has 11 heteroatoms. The number of allylic oxidation sites excluding steroid dienone is 1. The Balaban J connectivity index is 1.64. The molecule has 0 spiro atoms. The van der Waals surface area contributed by atoms with Crippen molar-refractivity contribution in [2.45, 2.75) is 92.0 Å². The molecule has 53 heavy (non-hydrogen) atoms. The molecule has 0 unspecified atom stereocenters. The molecular weight excluding hydrogens is 672 g/mol. The Bertz CT molecular complexity index is 1710. The summed E-state index contributed by atoms with van der Waals surface area (Å²) in [4.78, 5) is 44.8. The molecule has 4 aliphatic carbocycles. The fourth-order valence-electron chi connectivity index (χ4n) is 11.3. The van der Waals surface area contributed by atoms with Crippen LogP contribution in [0.3, 0.4) is 0 Å². The SMILES string of the molecule is CNCC/C(=C\[C@@H](O)[C@H](CN=C(N)N)[C@@H](C)[C@H]1C[C@H](O)[C@@]2(C)C3=C(C(=O)C[C@]12C)[C@@]1(C)CCC(=O)C(C)(C)[C@H]1[C@H](/C=C/c1ccccc1)[C@H]3O)C(=O)O. The second-order valence-electron chi connectivity index (χ2n) is 17.3. The molecule has 0 amide bonds. The normalized spacial score (nSPS) is 35.7. The topological polar surface area (TPSA) is 209 Å². The third kappa shape index (κ3) is 6.72. The Morgan fingerprint density at radius 3 is 2.36 bits per heavy atom. The number of aliphatic hydroxyl groups excluding tert-OH is 3. The number of nitrogens with one attached hydrogen (secondary N) is 1. The van der Waals surface area contributed by atoms with Gasteiger partial charge in [0.2, 0.25) is 0 Å². The molecule has 2 fully saturated rings. The van der Waals surface area contributed by atoms with Crippen LogP contribution in [0.2, 0.25) is 0 Å². The zero-order valence-electron chi connectivity index (χ0n) is 32.3. The van der Waals surface area contributed by atoms with Crippen molar-refractivity contribution in [3.05, 3.63) is 64.8 Å². The van der Waals surface area contributed by atoms with Crippen LogP contribution < -0.4 is 16.8 Å². The molecule has 1 aromatic rings. The van der Waals surface area contributed by atoms with Crippen molar-refractivity contribution in [3.8, 4) is 0 Å². The molecule has 2 saturated carbocycles. The molecule has 0 aromatic heterocycles. The van der Waals surface area contributed by atoms with Gasteiger partial charge in [-0.05, 0) is 73.2 Å². The largest absolute Gasteiger partial charge is 0.478 e. The van der Waals surface area contributed by atoms with Gasteiger partial charge in [-0.2, -0.15) is 0 Å². The van der Waals surface area contributed by atoms with Gasteiger partial charge in [0, 0.05) is 58.6 Å². The van der Waals surface area contributed by atoms with Crippen LogP contribution in [0.5, 0.6) is 0 Å². The van der Waals surface area contributed by atoms with E-state index in [0.717, 1.165) is 5.56 Å². The fraction of sp³-hybridized carbons (Fsp3) is 0.619. The van der Waals surface area contributed by atoms with Crippen molar-refractivity contribution in [2.24, 2.45) is 67.7 Å². The number of hydrogen-bond acceptors (Lipinski definition) is 8. The summed E-state index contributed by atoms with van der Waals surface area (Å²) in [6.45, 7) is 12.3. The minimum absolute atomic E-state index is 0.000776. The van der Waals surface area contributed by atoms with Crippen molar-refractivity contribution in [2.75, 3.05) is 20.1 Å². The van der Waals surface area contributed by atoms with Gasteiger partial charge in [0.05, 0.1) is 18.3 Å². The molecule has 0 saturated heterocycles. The highest BCUT2D eigenvalue weighted by Gasteiger charge is 2.71. The number of benzene rings is 1. The smallest absolute Gasteiger partial charge is 0.331 e. The van der Waals surface area contributed by atoms with E-state index in [1.807, 2.05) is 77.1 Å². The molecule has 11 atom stereocenters. The number of aliphatic carboxylic acids is 1. The second kappa shape index (κ2) is 14.9. The highest BCUT2D eigenvalue weighted by molar-refractivity contribution is 6.01. The zero-order chi connectivity index (χ0) is 39.3. The molecule has 0 aliphatic heterocycles. The highest BCUT2D eigenvalue weighted by Crippen LogP contribution is 2.72. The first-order valence-corrected chi connectivity index (χ1v) is 19.0. The second-order valence-corrected chi connectivity index (χ2v) is 17.3. The molecule has 0 radical (unpaired) electrons. The van der Waals surface area contributed by atoms with Crippen LogP contribution in [-0.4, -0.2) is 82.4 Å². The molecule has 290 valence electrons. The molecule has 11 nitrogen and oxygen atoms in total. The summed E-state index contributed by atoms with van der Waals surface area (Å²) in [7, 11) is 1.72. The van der Waals surface area contributed by atoms with Gasteiger partial charge in [0.1, 0.15) is 5.78 Å². The lowest BCUT2D eigenvalue weighted by Gasteiger charge is -2.63. The number of ketones is 2. The summed E-state index contributed by atoms with van der Waals surface area (Å²) < 4.78 is 0. The summed E-state index contributed by atoms with van der Waals surface area (Å²) in [6, 6.07) is 9.77. The number of carboxylic acid groups (broad SMARTS) is 1. The molecule has 0 bridgehead atoms. The van der Waals surface area contributed by atoms with Crippen LogP contribution in [0.1, 0.15) is 79.2 Å². The fourth-order valence-corrected chi connectivity index (χ4v) is 11.3. The minimum Gasteiger partial charge on any atom is -0.478 e. The number of carbonyl (C=O) groups excluding carboxylic acids is 2. The van der Waals surface area contributed by atoms with Gasteiger partial charge in [-0.3, -0.25) is 14.6 Å². The van der Waals surface area contributed by atoms with Crippen molar-refractivity contribution in [3.63, 3.8) is 0 Å². The lowest BCUT2D eigenvalue weighted by molar-refractivity contribution is -0.151. The molecular formula is C42H60N4O7. The third-order valence-corrected chi connectivity index (χ3v) is 14.3. The first-order valence-electron chi connectivity index (χ1n) is 19.0. The number of fused-ring (bicyclic) bond motifs is 4. The number of carbonyl (C=O) groups is 3. The Morgan fingerprint density at radius 2 is 1.75 bits per heavy atom. The van der Waals surface area contributed by atoms with E-state index >= 15 is 0 Å². The summed E-state index contributed by atoms with van der Waals surface area (Å²) in [5, 5.41) is 49.6. The van der Waals surface area contributed by atoms with E-state index in [0.29, 0.717) is 30.5 Å². The number of aliphatic hydroxyl groups is 3. The molecule has 1 aromatic carbocycles. The maximum atomic E-state index is 14.9. The number of Topliss-reactive ketones (excluding diaryl/α,β-unsaturated/α-hetero) is 2. The summed E-state index contributed by atoms with van der Waals surface area (Å²) in [6.07, 6.45) is 3.33. The molecule has 4 aliphatic rings. The van der Waals surface area contributed by atoms with E-state index in [9.17, 15) is 34.8 Å². The third-order valence-electron chi connectivity index (χ3n) is 14.3. The first kappa shape index (κ1) is 40.5. The van der Waals surface area contributed by atoms with Crippen molar-refractivity contribution in [1.29, 1.82) is 0 Å². The average molecular weight is 733 g/mol. The monoisotopic (exact) mass is 732 g/mol. The van der Waals surface area contributed by atoms with Crippen LogP contribution in [0.15, 0.2) is 64.2 Å². The Labute approximate surface area is 313 Å². The van der Waals surface area contributed by atoms with E-state index < -0.39 is 63.7 Å². The maximum absolute atomic E-state index is 14.9. The summed E-state index contributed by atoms with van der Waals surface area (Å²) in [5.74, 6) is -3.59. The average Bonchev–Trinajstić information content (AvgIpc) is 3.29. The quantitative estimate of drug-likeness (QED) is 0.0938. The van der Waals surface area contributed by atoms with Crippen LogP contribution in [0.25, 0.3) is 6.08 Å². The molecule has 9 N–H and O–H groups in total. The van der Waals surface area contributed by atoms with Gasteiger partial charge in [-0.25, -0.2) is 4.79 Å². The van der Waals surface area contributed by atoms with E-state index in [1.165, 1.54) is 6.08 Å².